The van der Waals surface area contributed by atoms with Crippen molar-refractivity contribution in [3.05, 3.63) is 22.9 Å². The Bertz CT molecular complexity index is 496. The van der Waals surface area contributed by atoms with E-state index >= 15 is 0 Å². The molecule has 17 heavy (non-hydrogen) atoms. The zero-order valence-electron chi connectivity index (χ0n) is 10.4. The van der Waals surface area contributed by atoms with Crippen LogP contribution in [0, 0.1) is 11.3 Å². The van der Waals surface area contributed by atoms with Crippen molar-refractivity contribution in [1.29, 1.82) is 5.26 Å². The molecule has 5 nitrogen and oxygen atoms in total. The second kappa shape index (κ2) is 4.42. The molecule has 5 heteroatoms. The lowest BCUT2D eigenvalue weighted by atomic mass is 9.90. The summed E-state index contributed by atoms with van der Waals surface area (Å²) in [7, 11) is 1.26. The number of anilines is 1. The molecule has 0 bridgehead atoms. The van der Waals surface area contributed by atoms with Gasteiger partial charge < -0.3 is 10.5 Å². The summed E-state index contributed by atoms with van der Waals surface area (Å²) in [6.45, 7) is 5.84. The van der Waals surface area contributed by atoms with Crippen LogP contribution in [0.5, 0.6) is 0 Å². The Morgan fingerprint density at radius 2 is 2.12 bits per heavy atom. The first-order valence-corrected chi connectivity index (χ1v) is 5.10. The fourth-order valence-corrected chi connectivity index (χ4v) is 1.34. The Hall–Kier alpha value is -2.09. The number of pyridine rings is 1. The Morgan fingerprint density at radius 3 is 2.53 bits per heavy atom. The lowest BCUT2D eigenvalue weighted by Gasteiger charge is -2.19. The summed E-state index contributed by atoms with van der Waals surface area (Å²) in [5, 5.41) is 8.96. The number of hydrogen-bond donors (Lipinski definition) is 1. The summed E-state index contributed by atoms with van der Waals surface area (Å²) in [5.74, 6) is -0.526. The van der Waals surface area contributed by atoms with Crippen LogP contribution < -0.4 is 5.73 Å². The van der Waals surface area contributed by atoms with Gasteiger partial charge in [-0.1, -0.05) is 20.8 Å². The molecule has 0 fully saturated rings. The van der Waals surface area contributed by atoms with E-state index in [1.54, 1.807) is 6.07 Å². The van der Waals surface area contributed by atoms with Gasteiger partial charge in [-0.2, -0.15) is 5.26 Å². The number of carbonyl (C=O) groups is 1. The molecule has 0 saturated heterocycles. The summed E-state index contributed by atoms with van der Waals surface area (Å²) in [6.07, 6.45) is 0. The predicted octanol–water partition coefficient (Wildman–Crippen LogP) is 1.62. The number of aromatic nitrogens is 1. The second-order valence-electron chi connectivity index (χ2n) is 4.67. The van der Waals surface area contributed by atoms with Gasteiger partial charge >= 0.3 is 5.97 Å². The number of carbonyl (C=O) groups excluding carboxylic acids is 1. The minimum atomic E-state index is -0.582. The van der Waals surface area contributed by atoms with E-state index in [1.165, 1.54) is 7.11 Å². The average Bonchev–Trinajstić information content (AvgIpc) is 2.25. The number of nitrogens with zero attached hydrogens (tertiary/aromatic N) is 2. The van der Waals surface area contributed by atoms with Gasteiger partial charge in [0.15, 0.2) is 0 Å². The average molecular weight is 233 g/mol. The first-order valence-electron chi connectivity index (χ1n) is 5.10. The fourth-order valence-electron chi connectivity index (χ4n) is 1.34. The maximum Gasteiger partial charge on any atom is 0.339 e. The van der Waals surface area contributed by atoms with Crippen molar-refractivity contribution in [2.24, 2.45) is 0 Å². The summed E-state index contributed by atoms with van der Waals surface area (Å²) < 4.78 is 4.63. The number of nitriles is 1. The van der Waals surface area contributed by atoms with Crippen molar-refractivity contribution in [3.63, 3.8) is 0 Å². The fraction of sp³-hybridized carbons (Fsp3) is 0.417. The Labute approximate surface area is 100 Å². The van der Waals surface area contributed by atoms with E-state index in [2.05, 4.69) is 9.72 Å². The number of nitrogen functional groups attached to an aromatic ring is 1. The van der Waals surface area contributed by atoms with Crippen LogP contribution in [0.1, 0.15) is 42.4 Å². The maximum atomic E-state index is 11.6. The first kappa shape index (κ1) is 13.0. The molecular formula is C12H15N3O2. The highest BCUT2D eigenvalue weighted by Crippen LogP contribution is 2.25. The van der Waals surface area contributed by atoms with Gasteiger partial charge in [0.25, 0.3) is 0 Å². The van der Waals surface area contributed by atoms with Crippen molar-refractivity contribution in [2.75, 3.05) is 12.8 Å². The third-order valence-electron chi connectivity index (χ3n) is 2.33. The van der Waals surface area contributed by atoms with Crippen molar-refractivity contribution >= 4 is 11.8 Å². The standard InChI is InChI=1S/C12H15N3O2/c1-12(2,3)9-5-7(11(16)17-4)8(6-13)10(14)15-9/h5H,1-4H3,(H2,14,15). The highest BCUT2D eigenvalue weighted by atomic mass is 16.5. The molecule has 0 amide bonds. The molecule has 0 spiro atoms. The van der Waals surface area contributed by atoms with Gasteiger partial charge in [0.2, 0.25) is 0 Å². The summed E-state index contributed by atoms with van der Waals surface area (Å²) in [4.78, 5) is 15.7. The van der Waals surface area contributed by atoms with E-state index in [0.29, 0.717) is 5.69 Å². The zero-order chi connectivity index (χ0) is 13.2. The molecule has 0 saturated carbocycles. The van der Waals surface area contributed by atoms with Crippen LogP contribution in [0.4, 0.5) is 5.82 Å². The molecule has 1 aromatic rings. The summed E-state index contributed by atoms with van der Waals surface area (Å²) in [6, 6.07) is 3.43. The molecule has 0 radical (unpaired) electrons. The van der Waals surface area contributed by atoms with Crippen LogP contribution in [0.3, 0.4) is 0 Å². The second-order valence-corrected chi connectivity index (χ2v) is 4.67. The molecule has 0 aromatic carbocycles. The van der Waals surface area contributed by atoms with Gasteiger partial charge in [-0.15, -0.1) is 0 Å². The van der Waals surface area contributed by atoms with Crippen LogP contribution in [0.2, 0.25) is 0 Å². The number of rotatable bonds is 1. The van der Waals surface area contributed by atoms with Crippen LogP contribution in [0.15, 0.2) is 6.07 Å². The van der Waals surface area contributed by atoms with Crippen molar-refractivity contribution in [2.45, 2.75) is 26.2 Å². The van der Waals surface area contributed by atoms with Gasteiger partial charge in [0, 0.05) is 11.1 Å². The lowest BCUT2D eigenvalue weighted by molar-refractivity contribution is 0.0600. The third-order valence-corrected chi connectivity index (χ3v) is 2.33. The van der Waals surface area contributed by atoms with E-state index in [4.69, 9.17) is 11.0 Å². The van der Waals surface area contributed by atoms with Crippen molar-refractivity contribution in [1.82, 2.24) is 4.98 Å². The van der Waals surface area contributed by atoms with Gasteiger partial charge in [-0.25, -0.2) is 9.78 Å². The largest absolute Gasteiger partial charge is 0.465 e. The number of nitrogens with two attached hydrogens (primary N) is 1. The van der Waals surface area contributed by atoms with Gasteiger partial charge in [-0.05, 0) is 6.07 Å². The molecule has 0 unspecified atom stereocenters. The smallest absolute Gasteiger partial charge is 0.339 e. The van der Waals surface area contributed by atoms with Crippen LogP contribution in [-0.4, -0.2) is 18.1 Å². The molecule has 0 aliphatic rings. The molecule has 0 aliphatic heterocycles. The Morgan fingerprint density at radius 1 is 1.53 bits per heavy atom. The number of ether oxygens (including phenoxy) is 1. The van der Waals surface area contributed by atoms with Crippen LogP contribution >= 0.6 is 0 Å². The van der Waals surface area contributed by atoms with Crippen molar-refractivity contribution in [3.8, 4) is 6.07 Å². The van der Waals surface area contributed by atoms with E-state index in [0.717, 1.165) is 0 Å². The maximum absolute atomic E-state index is 11.6. The van der Waals surface area contributed by atoms with Gasteiger partial charge in [0.05, 0.1) is 12.7 Å². The van der Waals surface area contributed by atoms with Crippen molar-refractivity contribution < 1.29 is 9.53 Å². The highest BCUT2D eigenvalue weighted by molar-refractivity contribution is 5.93. The van der Waals surface area contributed by atoms with E-state index in [9.17, 15) is 4.79 Å². The first-order chi connectivity index (χ1) is 7.81. The Balaban J connectivity index is 3.51. The van der Waals surface area contributed by atoms with Gasteiger partial charge in [0.1, 0.15) is 17.5 Å². The molecule has 0 aliphatic carbocycles. The molecule has 1 aromatic heterocycles. The SMILES string of the molecule is COC(=O)c1cc(C(C)(C)C)nc(N)c1C#N. The monoisotopic (exact) mass is 233 g/mol. The Kier molecular flexibility index (Phi) is 3.37. The lowest BCUT2D eigenvalue weighted by Crippen LogP contribution is -2.18. The zero-order valence-corrected chi connectivity index (χ0v) is 10.4. The molecule has 1 heterocycles. The molecule has 90 valence electrons. The van der Waals surface area contributed by atoms with E-state index in [-0.39, 0.29) is 22.4 Å². The molecular weight excluding hydrogens is 218 g/mol. The van der Waals surface area contributed by atoms with E-state index < -0.39 is 5.97 Å². The summed E-state index contributed by atoms with van der Waals surface area (Å²) in [5.41, 5.74) is 6.29. The number of hydrogen-bond acceptors (Lipinski definition) is 5. The van der Waals surface area contributed by atoms with E-state index in [1.807, 2.05) is 26.8 Å². The quantitative estimate of drug-likeness (QED) is 0.744. The topological polar surface area (TPSA) is 89.0 Å². The van der Waals surface area contributed by atoms with Crippen LogP contribution in [0.25, 0.3) is 0 Å². The number of esters is 1. The number of methoxy groups -OCH3 is 1. The third kappa shape index (κ3) is 2.53. The summed E-state index contributed by atoms with van der Waals surface area (Å²) >= 11 is 0. The van der Waals surface area contributed by atoms with Gasteiger partial charge in [-0.3, -0.25) is 0 Å². The normalized spacial score (nSPS) is 10.8. The minimum Gasteiger partial charge on any atom is -0.465 e. The minimum absolute atomic E-state index is 0.0559. The molecule has 1 rings (SSSR count). The van der Waals surface area contributed by atoms with Crippen LogP contribution in [-0.2, 0) is 10.2 Å². The predicted molar refractivity (Wildman–Crippen MR) is 63.4 cm³/mol. The molecule has 0 atom stereocenters. The molecule has 2 N–H and O–H groups in total. The highest BCUT2D eigenvalue weighted by Gasteiger charge is 2.23.